The number of hydrogen-bond donors (Lipinski definition) is 3. The average molecular weight is 296 g/mol. The van der Waals surface area contributed by atoms with Crippen LogP contribution in [0.5, 0.6) is 0 Å². The molecule has 0 atom stereocenters. The Bertz CT molecular complexity index is 416. The van der Waals surface area contributed by atoms with Crippen LogP contribution in [0.25, 0.3) is 0 Å². The minimum atomic E-state index is -0.369. The number of nitrogens with one attached hydrogen (secondary N) is 2. The molecule has 0 aromatic heterocycles. The largest absolute Gasteiger partial charge is 0.384 e. The van der Waals surface area contributed by atoms with Crippen molar-refractivity contribution in [2.45, 2.75) is 58.3 Å². The first-order valence-electron chi connectivity index (χ1n) is 7.37. The molecule has 0 saturated heterocycles. The summed E-state index contributed by atoms with van der Waals surface area (Å²) >= 11 is 0. The van der Waals surface area contributed by atoms with E-state index >= 15 is 0 Å². The zero-order chi connectivity index (χ0) is 15.5. The third-order valence-corrected chi connectivity index (χ3v) is 3.30. The van der Waals surface area contributed by atoms with Gasteiger partial charge in [-0.05, 0) is 32.3 Å². The van der Waals surface area contributed by atoms with Gasteiger partial charge in [0.1, 0.15) is 5.76 Å². The third kappa shape index (κ3) is 8.14. The Labute approximate surface area is 125 Å². The summed E-state index contributed by atoms with van der Waals surface area (Å²) in [5.74, 6) is 0.283. The number of amides is 2. The van der Waals surface area contributed by atoms with Crippen LogP contribution in [0.1, 0.15) is 58.3 Å². The minimum Gasteiger partial charge on any atom is -0.384 e. The minimum absolute atomic E-state index is 0.129. The predicted molar refractivity (Wildman–Crippen MR) is 77.9 cm³/mol. The van der Waals surface area contributed by atoms with Gasteiger partial charge in [0.25, 0.3) is 5.91 Å². The number of carbonyl (C=O) groups excluding carboxylic acids is 2. The highest BCUT2D eigenvalue weighted by molar-refractivity contribution is 5.75. The van der Waals surface area contributed by atoms with Gasteiger partial charge in [0.05, 0.1) is 0 Å². The lowest BCUT2D eigenvalue weighted by Crippen LogP contribution is -2.23. The van der Waals surface area contributed by atoms with E-state index in [0.29, 0.717) is 19.3 Å². The second kappa shape index (κ2) is 9.99. The van der Waals surface area contributed by atoms with Crippen molar-refractivity contribution in [2.24, 2.45) is 0 Å². The van der Waals surface area contributed by atoms with Gasteiger partial charge in [-0.2, -0.15) is 5.48 Å². The van der Waals surface area contributed by atoms with Crippen LogP contribution in [0.2, 0.25) is 0 Å². The van der Waals surface area contributed by atoms with E-state index in [-0.39, 0.29) is 11.8 Å². The van der Waals surface area contributed by atoms with Crippen molar-refractivity contribution < 1.29 is 19.6 Å². The van der Waals surface area contributed by atoms with Crippen LogP contribution >= 0.6 is 0 Å². The lowest BCUT2D eigenvalue weighted by Gasteiger charge is -2.13. The van der Waals surface area contributed by atoms with Gasteiger partial charge in [0.2, 0.25) is 5.91 Å². The van der Waals surface area contributed by atoms with Gasteiger partial charge in [-0.15, -0.1) is 0 Å². The van der Waals surface area contributed by atoms with Crippen molar-refractivity contribution in [1.29, 1.82) is 0 Å². The molecule has 1 aliphatic rings. The maximum absolute atomic E-state index is 11.6. The van der Waals surface area contributed by atoms with Crippen molar-refractivity contribution in [3.63, 3.8) is 0 Å². The van der Waals surface area contributed by atoms with Crippen LogP contribution in [0.4, 0.5) is 0 Å². The Morgan fingerprint density at radius 2 is 1.76 bits per heavy atom. The monoisotopic (exact) mass is 296 g/mol. The van der Waals surface area contributed by atoms with Gasteiger partial charge in [-0.3, -0.25) is 14.8 Å². The first-order chi connectivity index (χ1) is 10.1. The van der Waals surface area contributed by atoms with Gasteiger partial charge in [0, 0.05) is 19.3 Å². The lowest BCUT2D eigenvalue weighted by molar-refractivity contribution is -0.131. The molecule has 0 aliphatic heterocycles. The smallest absolute Gasteiger partial charge is 0.252 e. The molecule has 0 bridgehead atoms. The van der Waals surface area contributed by atoms with E-state index in [9.17, 15) is 9.59 Å². The Morgan fingerprint density at radius 1 is 1.10 bits per heavy atom. The molecule has 2 amide bonds. The van der Waals surface area contributed by atoms with Crippen molar-refractivity contribution in [1.82, 2.24) is 11.0 Å². The summed E-state index contributed by atoms with van der Waals surface area (Å²) in [7, 11) is 0. The maximum atomic E-state index is 11.6. The predicted octanol–water partition coefficient (Wildman–Crippen LogP) is 2.50. The van der Waals surface area contributed by atoms with E-state index in [1.165, 1.54) is 5.57 Å². The molecule has 0 unspecified atom stereocenters. The highest BCUT2D eigenvalue weighted by Gasteiger charge is 2.07. The van der Waals surface area contributed by atoms with E-state index in [4.69, 9.17) is 10.0 Å². The number of allylic oxidation sites excluding steroid dienone is 4. The Kier molecular flexibility index (Phi) is 8.19. The number of hydroxylamine groups is 2. The molecule has 0 spiro atoms. The van der Waals surface area contributed by atoms with Gasteiger partial charge in [-0.25, -0.2) is 5.48 Å². The molecule has 1 aliphatic carbocycles. The second-order valence-electron chi connectivity index (χ2n) is 5.22. The van der Waals surface area contributed by atoms with E-state index < -0.39 is 0 Å². The molecule has 0 fully saturated rings. The number of unbranched alkanes of at least 4 members (excludes halogenated alkanes) is 3. The summed E-state index contributed by atoms with van der Waals surface area (Å²) in [6.45, 7) is 2.07. The fraction of sp³-hybridized carbons (Fsp3) is 0.600. The normalized spacial score (nSPS) is 14.0. The molecule has 6 heteroatoms. The van der Waals surface area contributed by atoms with Gasteiger partial charge in [0.15, 0.2) is 0 Å². The van der Waals surface area contributed by atoms with Crippen LogP contribution in [0.15, 0.2) is 23.5 Å². The average Bonchev–Trinajstić information content (AvgIpc) is 2.49. The quantitative estimate of drug-likeness (QED) is 0.346. The molecule has 0 aromatic carbocycles. The van der Waals surface area contributed by atoms with E-state index in [1.807, 2.05) is 12.2 Å². The molecule has 1 rings (SSSR count). The second-order valence-corrected chi connectivity index (χ2v) is 5.22. The first-order valence-corrected chi connectivity index (χ1v) is 7.37. The first kappa shape index (κ1) is 17.2. The molecule has 0 saturated carbocycles. The molecule has 118 valence electrons. The van der Waals surface area contributed by atoms with Crippen LogP contribution < -0.4 is 11.0 Å². The summed E-state index contributed by atoms with van der Waals surface area (Å²) in [6, 6.07) is 0. The molecule has 21 heavy (non-hydrogen) atoms. The van der Waals surface area contributed by atoms with Crippen molar-refractivity contribution >= 4 is 11.8 Å². The summed E-state index contributed by atoms with van der Waals surface area (Å²) in [6.07, 6.45) is 9.57. The number of carbonyl (C=O) groups is 2. The number of hydrogen-bond acceptors (Lipinski definition) is 4. The van der Waals surface area contributed by atoms with E-state index in [2.05, 4.69) is 12.4 Å². The Hall–Kier alpha value is -1.82. The molecule has 6 nitrogen and oxygen atoms in total. The van der Waals surface area contributed by atoms with Gasteiger partial charge < -0.3 is 4.84 Å². The maximum Gasteiger partial charge on any atom is 0.252 e. The number of rotatable bonds is 9. The Morgan fingerprint density at radius 3 is 2.33 bits per heavy atom. The van der Waals surface area contributed by atoms with Crippen molar-refractivity contribution in [3.8, 4) is 0 Å². The summed E-state index contributed by atoms with van der Waals surface area (Å²) in [5.41, 5.74) is 5.36. The van der Waals surface area contributed by atoms with Crippen molar-refractivity contribution in [3.05, 3.63) is 23.5 Å². The molecular weight excluding hydrogens is 272 g/mol. The van der Waals surface area contributed by atoms with Crippen LogP contribution in [-0.4, -0.2) is 17.0 Å². The van der Waals surface area contributed by atoms with E-state index in [1.54, 1.807) is 5.48 Å². The summed E-state index contributed by atoms with van der Waals surface area (Å²) in [4.78, 5) is 27.6. The molecule has 0 radical (unpaired) electrons. The highest BCUT2D eigenvalue weighted by Crippen LogP contribution is 2.17. The Balaban J connectivity index is 2.00. The standard InChI is InChI=1S/C15H24N2O4/c1-12-8-10-13(11-9-12)21-17-15(19)7-5-3-2-4-6-14(18)16-20/h8,10,20H,2-7,9,11H2,1H3,(H,16,18)(H,17,19). The summed E-state index contributed by atoms with van der Waals surface area (Å²) in [5, 5.41) is 8.32. The van der Waals surface area contributed by atoms with E-state index in [0.717, 1.165) is 37.9 Å². The van der Waals surface area contributed by atoms with Crippen LogP contribution in [-0.2, 0) is 14.4 Å². The molecule has 0 aromatic rings. The topological polar surface area (TPSA) is 87.7 Å². The summed E-state index contributed by atoms with van der Waals surface area (Å²) < 4.78 is 0. The highest BCUT2D eigenvalue weighted by atomic mass is 16.7. The van der Waals surface area contributed by atoms with Crippen LogP contribution in [0.3, 0.4) is 0 Å². The molecule has 0 heterocycles. The van der Waals surface area contributed by atoms with Crippen molar-refractivity contribution in [2.75, 3.05) is 0 Å². The zero-order valence-electron chi connectivity index (χ0n) is 12.5. The molecule has 3 N–H and O–H groups in total. The van der Waals surface area contributed by atoms with Gasteiger partial charge >= 0.3 is 0 Å². The fourth-order valence-corrected chi connectivity index (χ4v) is 1.96. The van der Waals surface area contributed by atoms with Crippen LogP contribution in [0, 0.1) is 0 Å². The lowest BCUT2D eigenvalue weighted by atomic mass is 10.1. The third-order valence-electron chi connectivity index (χ3n) is 3.30. The SMILES string of the molecule is CC1=CC=C(ONC(=O)CCCCCCC(=O)NO)CC1. The molecular formula is C15H24N2O4. The zero-order valence-corrected chi connectivity index (χ0v) is 12.5. The van der Waals surface area contributed by atoms with Gasteiger partial charge in [-0.1, -0.05) is 24.5 Å². The fourth-order valence-electron chi connectivity index (χ4n) is 1.96.